The molecule has 1 N–H and O–H groups in total. The van der Waals surface area contributed by atoms with Crippen molar-refractivity contribution in [2.24, 2.45) is 5.92 Å². The van der Waals surface area contributed by atoms with Gasteiger partial charge in [-0.2, -0.15) is 0 Å². The fourth-order valence-corrected chi connectivity index (χ4v) is 5.59. The van der Waals surface area contributed by atoms with Crippen LogP contribution < -0.4 is 5.32 Å². The number of rotatable bonds is 3. The molecule has 2 heterocycles. The van der Waals surface area contributed by atoms with Crippen LogP contribution in [0.2, 0.25) is 0 Å². The van der Waals surface area contributed by atoms with Crippen LogP contribution in [0.3, 0.4) is 0 Å². The van der Waals surface area contributed by atoms with Crippen molar-refractivity contribution in [1.82, 2.24) is 15.1 Å². The zero-order chi connectivity index (χ0) is 20.0. The Morgan fingerprint density at radius 2 is 1.66 bits per heavy atom. The summed E-state index contributed by atoms with van der Waals surface area (Å²) in [7, 11) is 0. The fraction of sp³-hybridized carbons (Fsp3) is 0.609. The van der Waals surface area contributed by atoms with E-state index >= 15 is 0 Å². The molecule has 4 fully saturated rings. The zero-order valence-corrected chi connectivity index (χ0v) is 16.8. The highest BCUT2D eigenvalue weighted by molar-refractivity contribution is 5.99. The number of carbonyl (C=O) groups excluding carboxylic acids is 3. The summed E-state index contributed by atoms with van der Waals surface area (Å²) < 4.78 is 0. The number of amides is 4. The van der Waals surface area contributed by atoms with Crippen LogP contribution in [0, 0.1) is 5.92 Å². The number of hydrogen-bond acceptors (Lipinski definition) is 3. The Morgan fingerprint density at radius 3 is 2.34 bits per heavy atom. The summed E-state index contributed by atoms with van der Waals surface area (Å²) in [6.45, 7) is 1.23. The van der Waals surface area contributed by atoms with Gasteiger partial charge in [0.1, 0.15) is 0 Å². The molecule has 0 aromatic heterocycles. The highest BCUT2D eigenvalue weighted by Crippen LogP contribution is 2.50. The number of nitrogens with zero attached hydrogens (tertiary/aromatic N) is 2. The molecule has 4 aliphatic rings. The van der Waals surface area contributed by atoms with Gasteiger partial charge >= 0.3 is 6.03 Å². The predicted octanol–water partition coefficient (Wildman–Crippen LogP) is 2.82. The lowest BCUT2D eigenvalue weighted by atomic mass is 9.81. The number of imide groups is 1. The maximum atomic E-state index is 13.2. The van der Waals surface area contributed by atoms with E-state index in [0.717, 1.165) is 44.1 Å². The minimum Gasteiger partial charge on any atom is -0.342 e. The Kier molecular flexibility index (Phi) is 4.60. The number of fused-ring (bicyclic) bond motifs is 1. The SMILES string of the molecule is O=C1NC2CCCCC2C(=O)N1C1CCN(C(=O)C2(c3ccccc3)CC2)CC1. The number of piperidine rings is 1. The van der Waals surface area contributed by atoms with Gasteiger partial charge < -0.3 is 10.2 Å². The summed E-state index contributed by atoms with van der Waals surface area (Å²) in [4.78, 5) is 42.3. The summed E-state index contributed by atoms with van der Waals surface area (Å²) in [5.74, 6) is 0.156. The van der Waals surface area contributed by atoms with Gasteiger partial charge in [0.05, 0.1) is 11.3 Å². The minimum atomic E-state index is -0.346. The fourth-order valence-electron chi connectivity index (χ4n) is 5.59. The Hall–Kier alpha value is -2.37. The maximum absolute atomic E-state index is 13.2. The molecule has 2 saturated carbocycles. The van der Waals surface area contributed by atoms with Crippen molar-refractivity contribution >= 4 is 17.8 Å². The molecule has 2 saturated heterocycles. The van der Waals surface area contributed by atoms with Crippen molar-refractivity contribution in [3.05, 3.63) is 35.9 Å². The van der Waals surface area contributed by atoms with E-state index < -0.39 is 0 Å². The average Bonchev–Trinajstić information content (AvgIpc) is 3.56. The Bertz CT molecular complexity index is 812. The lowest BCUT2D eigenvalue weighted by molar-refractivity contribution is -0.140. The third-order valence-corrected chi connectivity index (χ3v) is 7.45. The topological polar surface area (TPSA) is 69.7 Å². The molecule has 2 unspecified atom stereocenters. The highest BCUT2D eigenvalue weighted by Gasteiger charge is 2.53. The quantitative estimate of drug-likeness (QED) is 0.856. The van der Waals surface area contributed by atoms with Crippen LogP contribution in [0.15, 0.2) is 30.3 Å². The van der Waals surface area contributed by atoms with E-state index in [4.69, 9.17) is 0 Å². The van der Waals surface area contributed by atoms with Crippen molar-refractivity contribution in [2.45, 2.75) is 68.9 Å². The van der Waals surface area contributed by atoms with Crippen LogP contribution in [-0.4, -0.2) is 52.8 Å². The molecule has 0 bridgehead atoms. The van der Waals surface area contributed by atoms with Crippen molar-refractivity contribution in [2.75, 3.05) is 13.1 Å². The first kappa shape index (κ1) is 18.6. The van der Waals surface area contributed by atoms with Gasteiger partial charge in [-0.05, 0) is 44.1 Å². The molecule has 29 heavy (non-hydrogen) atoms. The minimum absolute atomic E-state index is 0.00572. The van der Waals surface area contributed by atoms with E-state index in [1.54, 1.807) is 0 Å². The van der Waals surface area contributed by atoms with Crippen molar-refractivity contribution in [3.63, 3.8) is 0 Å². The summed E-state index contributed by atoms with van der Waals surface area (Å²) in [5.41, 5.74) is 0.767. The largest absolute Gasteiger partial charge is 0.342 e. The lowest BCUT2D eigenvalue weighted by Gasteiger charge is -2.45. The van der Waals surface area contributed by atoms with Crippen LogP contribution in [0.1, 0.15) is 56.9 Å². The predicted molar refractivity (Wildman–Crippen MR) is 108 cm³/mol. The third kappa shape index (κ3) is 3.13. The van der Waals surface area contributed by atoms with Crippen LogP contribution in [0.25, 0.3) is 0 Å². The van der Waals surface area contributed by atoms with E-state index in [0.29, 0.717) is 25.9 Å². The second-order valence-electron chi connectivity index (χ2n) is 9.13. The van der Waals surface area contributed by atoms with Crippen molar-refractivity contribution in [3.8, 4) is 0 Å². The number of carbonyl (C=O) groups is 3. The summed E-state index contributed by atoms with van der Waals surface area (Å²) in [6, 6.07) is 9.76. The Morgan fingerprint density at radius 1 is 0.966 bits per heavy atom. The Labute approximate surface area is 171 Å². The van der Waals surface area contributed by atoms with Gasteiger partial charge in [-0.3, -0.25) is 14.5 Å². The number of hydrogen-bond donors (Lipinski definition) is 1. The van der Waals surface area contributed by atoms with E-state index in [9.17, 15) is 14.4 Å². The van der Waals surface area contributed by atoms with Crippen LogP contribution in [0.5, 0.6) is 0 Å². The normalized spacial score (nSPS) is 29.2. The van der Waals surface area contributed by atoms with Crippen molar-refractivity contribution < 1.29 is 14.4 Å². The molecule has 0 spiro atoms. The van der Waals surface area contributed by atoms with Gasteiger partial charge in [0.2, 0.25) is 11.8 Å². The molecule has 1 aromatic rings. The standard InChI is InChI=1S/C23H29N3O3/c27-20-18-8-4-5-9-19(18)24-22(29)26(20)17-10-14-25(15-11-17)21(28)23(12-13-23)16-6-2-1-3-7-16/h1-3,6-7,17-19H,4-5,8-15H2,(H,24,29). The van der Waals surface area contributed by atoms with Gasteiger partial charge in [-0.15, -0.1) is 0 Å². The molecule has 2 aliphatic carbocycles. The molecular weight excluding hydrogens is 366 g/mol. The first-order chi connectivity index (χ1) is 14.1. The monoisotopic (exact) mass is 395 g/mol. The lowest BCUT2D eigenvalue weighted by Crippen LogP contribution is -2.64. The summed E-state index contributed by atoms with van der Waals surface area (Å²) in [5, 5.41) is 3.07. The molecule has 6 heteroatoms. The molecule has 2 atom stereocenters. The number of urea groups is 1. The molecule has 5 rings (SSSR count). The maximum Gasteiger partial charge on any atom is 0.324 e. The van der Waals surface area contributed by atoms with Crippen LogP contribution >= 0.6 is 0 Å². The molecule has 1 aromatic carbocycles. The molecule has 0 radical (unpaired) electrons. The van der Waals surface area contributed by atoms with Gasteiger partial charge in [-0.1, -0.05) is 43.2 Å². The number of nitrogens with one attached hydrogen (secondary N) is 1. The molecule has 154 valence electrons. The summed E-state index contributed by atoms with van der Waals surface area (Å²) in [6.07, 6.45) is 7.09. The van der Waals surface area contributed by atoms with E-state index in [2.05, 4.69) is 17.4 Å². The zero-order valence-electron chi connectivity index (χ0n) is 16.8. The van der Waals surface area contributed by atoms with Gasteiger partial charge in [0.25, 0.3) is 0 Å². The number of benzene rings is 1. The second-order valence-corrected chi connectivity index (χ2v) is 9.13. The van der Waals surface area contributed by atoms with Gasteiger partial charge in [0.15, 0.2) is 0 Å². The van der Waals surface area contributed by atoms with Gasteiger partial charge in [-0.25, -0.2) is 4.79 Å². The third-order valence-electron chi connectivity index (χ3n) is 7.45. The van der Waals surface area contributed by atoms with E-state index in [1.165, 1.54) is 4.90 Å². The second kappa shape index (κ2) is 7.15. The van der Waals surface area contributed by atoms with E-state index in [1.807, 2.05) is 23.1 Å². The first-order valence-electron chi connectivity index (χ1n) is 11.1. The molecule has 6 nitrogen and oxygen atoms in total. The van der Waals surface area contributed by atoms with E-state index in [-0.39, 0.29) is 41.3 Å². The molecule has 2 aliphatic heterocycles. The first-order valence-corrected chi connectivity index (χ1v) is 11.1. The van der Waals surface area contributed by atoms with Gasteiger partial charge in [0, 0.05) is 25.2 Å². The molecular formula is C23H29N3O3. The summed E-state index contributed by atoms with van der Waals surface area (Å²) >= 11 is 0. The Balaban J connectivity index is 1.24. The highest BCUT2D eigenvalue weighted by atomic mass is 16.2. The smallest absolute Gasteiger partial charge is 0.324 e. The van der Waals surface area contributed by atoms with Crippen LogP contribution in [0.4, 0.5) is 4.79 Å². The number of likely N-dealkylation sites (tertiary alicyclic amines) is 1. The van der Waals surface area contributed by atoms with Crippen LogP contribution in [-0.2, 0) is 15.0 Å². The average molecular weight is 396 g/mol. The van der Waals surface area contributed by atoms with Crippen molar-refractivity contribution in [1.29, 1.82) is 0 Å². The molecule has 4 amide bonds.